The Balaban J connectivity index is 2.06. The molecule has 0 aliphatic carbocycles. The van der Waals surface area contributed by atoms with Crippen LogP contribution < -0.4 is 5.56 Å². The van der Waals surface area contributed by atoms with Crippen LogP contribution in [0.2, 0.25) is 0 Å². The van der Waals surface area contributed by atoms with Crippen molar-refractivity contribution < 1.29 is 0 Å². The lowest BCUT2D eigenvalue weighted by Crippen LogP contribution is -2.21. The predicted molar refractivity (Wildman–Crippen MR) is 71.9 cm³/mol. The van der Waals surface area contributed by atoms with Gasteiger partial charge in [-0.25, -0.2) is 4.98 Å². The van der Waals surface area contributed by atoms with Gasteiger partial charge in [0.2, 0.25) is 0 Å². The largest absolute Gasteiger partial charge is 0.293 e. The summed E-state index contributed by atoms with van der Waals surface area (Å²) in [6.07, 6.45) is 4.72. The number of fused-ring (bicyclic) bond motifs is 1. The molecule has 0 saturated heterocycles. The summed E-state index contributed by atoms with van der Waals surface area (Å²) in [5.74, 6) is 0. The van der Waals surface area contributed by atoms with Crippen LogP contribution >= 0.6 is 0 Å². The van der Waals surface area contributed by atoms with Gasteiger partial charge in [0.15, 0.2) is 0 Å². The zero-order valence-corrected chi connectivity index (χ0v) is 10.4. The van der Waals surface area contributed by atoms with Crippen LogP contribution in [-0.2, 0) is 6.54 Å². The van der Waals surface area contributed by atoms with Crippen molar-refractivity contribution in [2.24, 2.45) is 0 Å². The summed E-state index contributed by atoms with van der Waals surface area (Å²) in [4.78, 5) is 24.9. The van der Waals surface area contributed by atoms with E-state index < -0.39 is 0 Å². The Kier molecular flexibility index (Phi) is 2.79. The highest BCUT2D eigenvalue weighted by Crippen LogP contribution is 2.04. The number of nitrogens with zero attached hydrogens (tertiary/aromatic N) is 4. The van der Waals surface area contributed by atoms with E-state index in [9.17, 15) is 4.79 Å². The number of pyridine rings is 2. The summed E-state index contributed by atoms with van der Waals surface area (Å²) < 4.78 is 1.55. The molecule has 94 valence electrons. The maximum Gasteiger partial charge on any atom is 0.263 e. The van der Waals surface area contributed by atoms with E-state index >= 15 is 0 Å². The zero-order valence-electron chi connectivity index (χ0n) is 10.4. The first-order chi connectivity index (χ1) is 9.24. The Labute approximate surface area is 109 Å². The molecule has 0 amide bonds. The van der Waals surface area contributed by atoms with E-state index in [0.29, 0.717) is 17.4 Å². The van der Waals surface area contributed by atoms with Crippen molar-refractivity contribution in [2.75, 3.05) is 0 Å². The summed E-state index contributed by atoms with van der Waals surface area (Å²) in [5.41, 5.74) is 2.34. The minimum absolute atomic E-state index is 0.0959. The molecular formula is C14H12N4O. The molecule has 0 aliphatic heterocycles. The van der Waals surface area contributed by atoms with Gasteiger partial charge < -0.3 is 0 Å². The third kappa shape index (κ3) is 2.22. The summed E-state index contributed by atoms with van der Waals surface area (Å²) >= 11 is 0. The van der Waals surface area contributed by atoms with Gasteiger partial charge in [-0.3, -0.25) is 19.3 Å². The van der Waals surface area contributed by atoms with Crippen LogP contribution in [0.25, 0.3) is 10.9 Å². The Morgan fingerprint density at radius 2 is 2.16 bits per heavy atom. The Bertz CT molecular complexity index is 795. The highest BCUT2D eigenvalue weighted by Gasteiger charge is 2.05. The van der Waals surface area contributed by atoms with Crippen LogP contribution in [-0.4, -0.2) is 19.5 Å². The quantitative estimate of drug-likeness (QED) is 0.694. The summed E-state index contributed by atoms with van der Waals surface area (Å²) in [6.45, 7) is 2.34. The van der Waals surface area contributed by atoms with Crippen molar-refractivity contribution in [1.82, 2.24) is 19.5 Å². The Morgan fingerprint density at radius 1 is 1.26 bits per heavy atom. The molecule has 0 unspecified atom stereocenters. The van der Waals surface area contributed by atoms with E-state index in [1.807, 2.05) is 25.1 Å². The van der Waals surface area contributed by atoms with Crippen molar-refractivity contribution >= 4 is 10.9 Å². The van der Waals surface area contributed by atoms with Crippen LogP contribution in [0, 0.1) is 6.92 Å². The molecule has 3 aromatic heterocycles. The molecule has 0 saturated carbocycles. The second-order valence-corrected chi connectivity index (χ2v) is 4.34. The Morgan fingerprint density at radius 3 is 3.00 bits per heavy atom. The van der Waals surface area contributed by atoms with Crippen LogP contribution in [0.1, 0.15) is 11.4 Å². The van der Waals surface area contributed by atoms with Crippen LogP contribution in [0.4, 0.5) is 0 Å². The maximum absolute atomic E-state index is 12.3. The molecule has 0 bridgehead atoms. The molecule has 0 fully saturated rings. The minimum atomic E-state index is -0.0959. The van der Waals surface area contributed by atoms with Gasteiger partial charge in [0.25, 0.3) is 5.56 Å². The lowest BCUT2D eigenvalue weighted by atomic mass is 10.3. The van der Waals surface area contributed by atoms with Crippen LogP contribution in [0.5, 0.6) is 0 Å². The van der Waals surface area contributed by atoms with Gasteiger partial charge >= 0.3 is 0 Å². The first-order valence-corrected chi connectivity index (χ1v) is 5.96. The summed E-state index contributed by atoms with van der Waals surface area (Å²) in [7, 11) is 0. The van der Waals surface area contributed by atoms with E-state index in [-0.39, 0.29) is 5.56 Å². The summed E-state index contributed by atoms with van der Waals surface area (Å²) in [6, 6.07) is 7.48. The molecule has 3 aromatic rings. The average Bonchev–Trinajstić information content (AvgIpc) is 2.42. The molecule has 3 heterocycles. The van der Waals surface area contributed by atoms with Gasteiger partial charge in [0, 0.05) is 18.1 Å². The summed E-state index contributed by atoms with van der Waals surface area (Å²) in [5, 5.41) is 0.526. The predicted octanol–water partition coefficient (Wildman–Crippen LogP) is 1.54. The van der Waals surface area contributed by atoms with E-state index in [2.05, 4.69) is 15.0 Å². The van der Waals surface area contributed by atoms with E-state index in [1.165, 1.54) is 0 Å². The molecule has 0 radical (unpaired) electrons. The topological polar surface area (TPSA) is 60.7 Å². The first kappa shape index (κ1) is 11.5. The lowest BCUT2D eigenvalue weighted by Gasteiger charge is -2.06. The van der Waals surface area contributed by atoms with E-state index in [0.717, 1.165) is 11.4 Å². The molecule has 0 aromatic carbocycles. The van der Waals surface area contributed by atoms with Crippen LogP contribution in [0.3, 0.4) is 0 Å². The fraction of sp³-hybridized carbons (Fsp3) is 0.143. The molecule has 0 atom stereocenters. The van der Waals surface area contributed by atoms with Gasteiger partial charge in [-0.05, 0) is 25.1 Å². The second-order valence-electron chi connectivity index (χ2n) is 4.34. The van der Waals surface area contributed by atoms with Crippen molar-refractivity contribution in [3.05, 3.63) is 64.7 Å². The highest BCUT2D eigenvalue weighted by atomic mass is 16.1. The molecule has 0 aliphatic rings. The molecule has 19 heavy (non-hydrogen) atoms. The van der Waals surface area contributed by atoms with E-state index in [4.69, 9.17) is 0 Å². The van der Waals surface area contributed by atoms with Gasteiger partial charge in [0.1, 0.15) is 0 Å². The Hall–Kier alpha value is -2.56. The molecule has 0 spiro atoms. The van der Waals surface area contributed by atoms with E-state index in [1.54, 1.807) is 29.4 Å². The molecular weight excluding hydrogens is 240 g/mol. The van der Waals surface area contributed by atoms with Gasteiger partial charge in [-0.2, -0.15) is 0 Å². The minimum Gasteiger partial charge on any atom is -0.293 e. The van der Waals surface area contributed by atoms with Gasteiger partial charge in [0.05, 0.1) is 29.5 Å². The zero-order chi connectivity index (χ0) is 13.2. The third-order valence-corrected chi connectivity index (χ3v) is 2.90. The first-order valence-electron chi connectivity index (χ1n) is 5.96. The number of hydrogen-bond acceptors (Lipinski definition) is 4. The number of aryl methyl sites for hydroxylation is 1. The van der Waals surface area contributed by atoms with Crippen molar-refractivity contribution in [3.8, 4) is 0 Å². The fourth-order valence-corrected chi connectivity index (χ4v) is 1.98. The number of aromatic nitrogens is 4. The van der Waals surface area contributed by atoms with Crippen molar-refractivity contribution in [1.29, 1.82) is 0 Å². The molecule has 3 rings (SSSR count). The monoisotopic (exact) mass is 252 g/mol. The van der Waals surface area contributed by atoms with Crippen molar-refractivity contribution in [3.63, 3.8) is 0 Å². The smallest absolute Gasteiger partial charge is 0.263 e. The number of rotatable bonds is 2. The molecule has 5 nitrogen and oxygen atoms in total. The highest BCUT2D eigenvalue weighted by molar-refractivity contribution is 5.75. The maximum atomic E-state index is 12.3. The standard InChI is InChI=1S/C14H12N4O/c1-10-3-2-4-11(17-10)8-18-9-16-13-5-6-15-7-12(13)14(18)19/h2-7,9H,8H2,1H3. The van der Waals surface area contributed by atoms with Gasteiger partial charge in [-0.1, -0.05) is 6.07 Å². The normalized spacial score (nSPS) is 10.8. The second kappa shape index (κ2) is 4.61. The van der Waals surface area contributed by atoms with Crippen LogP contribution in [0.15, 0.2) is 47.8 Å². The molecule has 0 N–H and O–H groups in total. The molecule has 5 heteroatoms. The SMILES string of the molecule is Cc1cccc(Cn2cnc3ccncc3c2=O)n1. The lowest BCUT2D eigenvalue weighted by molar-refractivity contribution is 0.727. The van der Waals surface area contributed by atoms with Gasteiger partial charge in [-0.15, -0.1) is 0 Å². The fourth-order valence-electron chi connectivity index (χ4n) is 1.98. The average molecular weight is 252 g/mol. The van der Waals surface area contributed by atoms with Crippen molar-refractivity contribution in [2.45, 2.75) is 13.5 Å². The third-order valence-electron chi connectivity index (χ3n) is 2.90. The number of hydrogen-bond donors (Lipinski definition) is 0.